The molecule has 10 atom stereocenters. The molecule has 2 heterocycles. The van der Waals surface area contributed by atoms with Gasteiger partial charge in [-0.05, 0) is 31.2 Å². The topological polar surface area (TPSA) is 374 Å². The number of nitrogens with one attached hydrogen (secondary N) is 5. The number of carbonyl (C=O) groups is 6. The van der Waals surface area contributed by atoms with E-state index in [-0.39, 0.29) is 70.7 Å². The average Bonchev–Trinajstić information content (AvgIpc) is 3.32. The maximum atomic E-state index is 13.1. The molecule has 0 aromatic heterocycles. The number of hydrogen-bond acceptors (Lipinski definition) is 19. The number of alkyl carbamates (subject to hydrolysis) is 1. The van der Waals surface area contributed by atoms with Crippen molar-refractivity contribution in [3.8, 4) is 0 Å². The van der Waals surface area contributed by atoms with Gasteiger partial charge in [0, 0.05) is 39.0 Å². The van der Waals surface area contributed by atoms with Crippen molar-refractivity contribution in [2.75, 3.05) is 72.2 Å². The predicted molar refractivity (Wildman–Crippen MR) is 230 cm³/mol. The van der Waals surface area contributed by atoms with Crippen molar-refractivity contribution in [1.29, 1.82) is 0 Å². The van der Waals surface area contributed by atoms with Gasteiger partial charge < -0.3 is 96.0 Å². The van der Waals surface area contributed by atoms with Crippen LogP contribution >= 0.6 is 0 Å². The summed E-state index contributed by atoms with van der Waals surface area (Å²) in [5.41, 5.74) is 0.724. The average molecular weight is 961 g/mol. The van der Waals surface area contributed by atoms with Gasteiger partial charge in [-0.1, -0.05) is 43.2 Å². The maximum absolute atomic E-state index is 13.1. The number of aliphatic hydroxyl groups excluding tert-OH is 8. The van der Waals surface area contributed by atoms with Gasteiger partial charge in [0.2, 0.25) is 29.5 Å². The maximum Gasteiger partial charge on any atom is 0.407 e. The van der Waals surface area contributed by atoms with E-state index < -0.39 is 118 Å². The fraction of sp³-hybridized carbons (Fsp3) is 0.714. The zero-order valence-electron chi connectivity index (χ0n) is 37.3. The molecule has 10 unspecified atom stereocenters. The minimum absolute atomic E-state index is 0.0439. The van der Waals surface area contributed by atoms with Crippen LogP contribution in [0, 0.1) is 0 Å². The molecule has 380 valence electrons. The highest BCUT2D eigenvalue weighted by molar-refractivity contribution is 5.91. The van der Waals surface area contributed by atoms with E-state index in [2.05, 4.69) is 26.6 Å². The van der Waals surface area contributed by atoms with E-state index in [4.69, 9.17) is 23.7 Å². The minimum atomic E-state index is -1.58. The number of rotatable bonds is 30. The number of benzene rings is 1. The largest absolute Gasteiger partial charge is 0.445 e. The molecule has 6 amide bonds. The summed E-state index contributed by atoms with van der Waals surface area (Å²) in [6, 6.07) is 8.85. The molecule has 0 saturated carbocycles. The van der Waals surface area contributed by atoms with Crippen LogP contribution < -0.4 is 26.6 Å². The van der Waals surface area contributed by atoms with E-state index in [0.29, 0.717) is 38.5 Å². The SMILES string of the molecule is O=C(CCCCCNC(=O)CN(CC(=O)NCCCCCC(=O)NCCOC1OC(CO)C(O)C(O)C1O)C(=O)CNC(=O)OCc1ccccc1)NCCOC1OC(CO)C(O)C(O)C1O. The first-order valence-electron chi connectivity index (χ1n) is 22.3. The van der Waals surface area contributed by atoms with Crippen molar-refractivity contribution < 1.29 is 93.3 Å². The van der Waals surface area contributed by atoms with Gasteiger partial charge in [-0.3, -0.25) is 24.0 Å². The minimum Gasteiger partial charge on any atom is -0.445 e. The van der Waals surface area contributed by atoms with E-state index in [9.17, 15) is 69.6 Å². The quantitative estimate of drug-likeness (QED) is 0.0321. The Labute approximate surface area is 387 Å². The molecule has 0 aliphatic carbocycles. The third-order valence-electron chi connectivity index (χ3n) is 10.5. The Balaban J connectivity index is 1.32. The first kappa shape index (κ1) is 56.7. The molecular weight excluding hydrogens is 892 g/mol. The molecular formula is C42H68N6O19. The summed E-state index contributed by atoms with van der Waals surface area (Å²) < 4.78 is 26.3. The number of nitrogens with zero attached hydrogens (tertiary/aromatic N) is 1. The summed E-state index contributed by atoms with van der Waals surface area (Å²) in [4.78, 5) is 76.6. The molecule has 1 aromatic carbocycles. The number of unbranched alkanes of at least 4 members (excludes halogenated alkanes) is 4. The van der Waals surface area contributed by atoms with Gasteiger partial charge in [0.25, 0.3) is 0 Å². The van der Waals surface area contributed by atoms with Crippen LogP contribution in [0.2, 0.25) is 0 Å². The lowest BCUT2D eigenvalue weighted by Gasteiger charge is -2.39. The number of carbonyl (C=O) groups excluding carboxylic acids is 6. The van der Waals surface area contributed by atoms with Gasteiger partial charge in [-0.25, -0.2) is 4.79 Å². The number of amides is 6. The van der Waals surface area contributed by atoms with Crippen molar-refractivity contribution in [3.05, 3.63) is 35.9 Å². The summed E-state index contributed by atoms with van der Waals surface area (Å²) in [6.07, 6.45) is -11.7. The van der Waals surface area contributed by atoms with Crippen LogP contribution in [-0.4, -0.2) is 215 Å². The highest BCUT2D eigenvalue weighted by Crippen LogP contribution is 2.23. The summed E-state index contributed by atoms with van der Waals surface area (Å²) in [6.45, 7) is -2.43. The standard InChI is InChI=1S/C42H68N6O19/c49-23-27-34(56)36(58)38(60)40(66-27)63-18-16-45-29(51)12-6-2-8-14-43-31(53)21-48(33(55)20-47-42(62)65-25-26-10-4-1-5-11-26)22-32(54)44-15-9-3-7-13-30(52)46-17-19-64-41-39(61)37(59)35(57)28(24-50)67-41/h1,4-5,10-11,27-28,34-41,49-50,56-61H,2-3,6-9,12-25H2,(H,43,53)(H,44,54)(H,45,51)(H,46,52)(H,47,62). The lowest BCUT2D eigenvalue weighted by molar-refractivity contribution is -0.300. The van der Waals surface area contributed by atoms with E-state index in [1.165, 1.54) is 0 Å². The molecule has 2 aliphatic heterocycles. The summed E-state index contributed by atoms with van der Waals surface area (Å²) in [7, 11) is 0. The second-order valence-corrected chi connectivity index (χ2v) is 15.8. The third kappa shape index (κ3) is 21.0. The highest BCUT2D eigenvalue weighted by atomic mass is 16.7. The van der Waals surface area contributed by atoms with Crippen LogP contribution in [-0.2, 0) is 54.3 Å². The molecule has 2 saturated heterocycles. The molecule has 25 nitrogen and oxygen atoms in total. The van der Waals surface area contributed by atoms with Crippen molar-refractivity contribution in [3.63, 3.8) is 0 Å². The smallest absolute Gasteiger partial charge is 0.407 e. The molecule has 3 rings (SSSR count). The van der Waals surface area contributed by atoms with Gasteiger partial charge in [0.1, 0.15) is 75.1 Å². The lowest BCUT2D eigenvalue weighted by Crippen LogP contribution is -2.59. The number of hydrogen-bond donors (Lipinski definition) is 13. The van der Waals surface area contributed by atoms with Crippen LogP contribution in [0.15, 0.2) is 30.3 Å². The van der Waals surface area contributed by atoms with Crippen LogP contribution in [0.25, 0.3) is 0 Å². The summed E-state index contributed by atoms with van der Waals surface area (Å²) >= 11 is 0. The monoisotopic (exact) mass is 960 g/mol. The molecule has 0 spiro atoms. The summed E-state index contributed by atoms with van der Waals surface area (Å²) in [5, 5.41) is 91.0. The zero-order valence-corrected chi connectivity index (χ0v) is 37.3. The molecule has 2 aliphatic rings. The fourth-order valence-electron chi connectivity index (χ4n) is 6.67. The van der Waals surface area contributed by atoms with Crippen molar-refractivity contribution >= 4 is 35.6 Å². The van der Waals surface area contributed by atoms with Crippen molar-refractivity contribution in [2.24, 2.45) is 0 Å². The number of ether oxygens (including phenoxy) is 5. The van der Waals surface area contributed by atoms with Gasteiger partial charge >= 0.3 is 6.09 Å². The predicted octanol–water partition coefficient (Wildman–Crippen LogP) is -5.04. The first-order valence-corrected chi connectivity index (χ1v) is 22.3. The lowest BCUT2D eigenvalue weighted by atomic mass is 9.99. The van der Waals surface area contributed by atoms with Gasteiger partial charge in [-0.15, -0.1) is 0 Å². The molecule has 2 fully saturated rings. The Bertz CT molecular complexity index is 1570. The fourth-order valence-corrected chi connectivity index (χ4v) is 6.67. The third-order valence-corrected chi connectivity index (χ3v) is 10.5. The van der Waals surface area contributed by atoms with E-state index in [1.54, 1.807) is 30.3 Å². The van der Waals surface area contributed by atoms with Gasteiger partial charge in [-0.2, -0.15) is 0 Å². The van der Waals surface area contributed by atoms with Gasteiger partial charge in [0.05, 0.1) is 26.4 Å². The zero-order chi connectivity index (χ0) is 49.1. The van der Waals surface area contributed by atoms with E-state index in [0.717, 1.165) is 10.5 Å². The van der Waals surface area contributed by atoms with Crippen molar-refractivity contribution in [2.45, 2.75) is 119 Å². The molecule has 25 heteroatoms. The first-order chi connectivity index (χ1) is 32.1. The van der Waals surface area contributed by atoms with Crippen LogP contribution in [0.3, 0.4) is 0 Å². The number of aliphatic hydroxyl groups is 8. The molecule has 0 radical (unpaired) electrons. The second kappa shape index (κ2) is 31.4. The Hall–Kier alpha value is -4.64. The highest BCUT2D eigenvalue weighted by Gasteiger charge is 2.45. The van der Waals surface area contributed by atoms with E-state index in [1.807, 2.05) is 0 Å². The Morgan fingerprint density at radius 2 is 0.985 bits per heavy atom. The summed E-state index contributed by atoms with van der Waals surface area (Å²) in [5.74, 6) is -2.43. The molecule has 1 aromatic rings. The second-order valence-electron chi connectivity index (χ2n) is 15.8. The normalized spacial score (nSPS) is 24.8. The Kier molecular flexibility index (Phi) is 26.6. The van der Waals surface area contributed by atoms with Gasteiger partial charge in [0.15, 0.2) is 12.6 Å². The molecule has 13 N–H and O–H groups in total. The molecule has 0 bridgehead atoms. The Morgan fingerprint density at radius 1 is 0.537 bits per heavy atom. The van der Waals surface area contributed by atoms with Crippen LogP contribution in [0.1, 0.15) is 56.9 Å². The van der Waals surface area contributed by atoms with Crippen LogP contribution in [0.5, 0.6) is 0 Å². The van der Waals surface area contributed by atoms with E-state index >= 15 is 0 Å². The van der Waals surface area contributed by atoms with Crippen LogP contribution in [0.4, 0.5) is 4.79 Å². The van der Waals surface area contributed by atoms with Crippen molar-refractivity contribution in [1.82, 2.24) is 31.5 Å². The Morgan fingerprint density at radius 3 is 1.43 bits per heavy atom. The molecule has 67 heavy (non-hydrogen) atoms.